The van der Waals surface area contributed by atoms with Crippen LogP contribution in [0.1, 0.15) is 29.8 Å². The highest BCUT2D eigenvalue weighted by molar-refractivity contribution is 6.02. The van der Waals surface area contributed by atoms with Gasteiger partial charge in [0.25, 0.3) is 0 Å². The molecule has 0 N–H and O–H groups in total. The smallest absolute Gasteiger partial charge is 0.169 e. The lowest BCUT2D eigenvalue weighted by atomic mass is 10.0. The normalized spacial score (nSPS) is 12.2. The first-order chi connectivity index (χ1) is 11.2. The number of carbonyl (C=O) groups excluding carboxylic acids is 1. The molecule has 0 bridgehead atoms. The fraction of sp³-hybridized carbons (Fsp3) is 0.143. The number of Topliss-reactive ketones (excluding diaryl/α,β-unsaturated/α-hetero) is 1. The third kappa shape index (κ3) is 5.19. The fourth-order valence-corrected chi connectivity index (χ4v) is 2.16. The van der Waals surface area contributed by atoms with Gasteiger partial charge in [-0.25, -0.2) is 0 Å². The summed E-state index contributed by atoms with van der Waals surface area (Å²) in [5, 5.41) is 0. The maximum atomic E-state index is 12.6. The van der Waals surface area contributed by atoms with E-state index in [9.17, 15) is 4.79 Å². The third-order valence-electron chi connectivity index (χ3n) is 3.37. The zero-order chi connectivity index (χ0) is 16.5. The molecule has 23 heavy (non-hydrogen) atoms. The third-order valence-corrected chi connectivity index (χ3v) is 3.37. The van der Waals surface area contributed by atoms with E-state index < -0.39 is 0 Å². The summed E-state index contributed by atoms with van der Waals surface area (Å²) in [6, 6.07) is 17.3. The second-order valence-electron chi connectivity index (χ2n) is 5.30. The predicted molar refractivity (Wildman–Crippen MR) is 97.6 cm³/mol. The van der Waals surface area contributed by atoms with Crippen LogP contribution >= 0.6 is 0 Å². The van der Waals surface area contributed by atoms with Gasteiger partial charge in [-0.05, 0) is 37.1 Å². The van der Waals surface area contributed by atoms with Crippen molar-refractivity contribution in [1.29, 1.82) is 0 Å². The summed E-state index contributed by atoms with van der Waals surface area (Å²) in [4.78, 5) is 17.0. The molecule has 0 saturated heterocycles. The average molecular weight is 303 g/mol. The highest BCUT2D eigenvalue weighted by Crippen LogP contribution is 2.20. The Kier molecular flexibility index (Phi) is 6.25. The molecule has 2 rings (SSSR count). The molecule has 0 radical (unpaired) electrons. The van der Waals surface area contributed by atoms with Gasteiger partial charge >= 0.3 is 0 Å². The standard InChI is InChI=1S/C21H21NO/c1-3-4-10-17(2)16-22-20-14-9-8-13-19(20)21(23)15-18-11-6-5-7-12-18/h3-14,16H,15H2,1-2H3/b4-3-,17-10+,22-16+. The molecule has 0 atom stereocenters. The Morgan fingerprint density at radius 1 is 1.04 bits per heavy atom. The van der Waals surface area contributed by atoms with E-state index in [1.807, 2.05) is 86.7 Å². The van der Waals surface area contributed by atoms with Crippen LogP contribution in [0.25, 0.3) is 0 Å². The second kappa shape index (κ2) is 8.64. The summed E-state index contributed by atoms with van der Waals surface area (Å²) in [7, 11) is 0. The second-order valence-corrected chi connectivity index (χ2v) is 5.30. The van der Waals surface area contributed by atoms with Gasteiger partial charge in [-0.2, -0.15) is 0 Å². The van der Waals surface area contributed by atoms with E-state index in [4.69, 9.17) is 0 Å². The molecule has 0 spiro atoms. The first-order valence-electron chi connectivity index (χ1n) is 7.70. The van der Waals surface area contributed by atoms with Crippen LogP contribution in [0.2, 0.25) is 0 Å². The molecule has 0 amide bonds. The number of aliphatic imine (C=N–C) groups is 1. The Labute approximate surface area is 137 Å². The van der Waals surface area contributed by atoms with Gasteiger partial charge in [-0.15, -0.1) is 0 Å². The van der Waals surface area contributed by atoms with Gasteiger partial charge in [0, 0.05) is 18.2 Å². The molecular formula is C21H21NO. The van der Waals surface area contributed by atoms with Gasteiger partial charge < -0.3 is 0 Å². The molecule has 0 aliphatic heterocycles. The Morgan fingerprint density at radius 2 is 1.74 bits per heavy atom. The summed E-state index contributed by atoms with van der Waals surface area (Å²) in [5.41, 5.74) is 3.42. The quantitative estimate of drug-likeness (QED) is 0.402. The Morgan fingerprint density at radius 3 is 2.48 bits per heavy atom. The van der Waals surface area contributed by atoms with Crippen molar-refractivity contribution in [3.8, 4) is 0 Å². The van der Waals surface area contributed by atoms with E-state index in [0.717, 1.165) is 11.1 Å². The van der Waals surface area contributed by atoms with Crippen LogP contribution in [0.15, 0.2) is 83.4 Å². The number of benzene rings is 2. The van der Waals surface area contributed by atoms with E-state index in [0.29, 0.717) is 17.7 Å². The van der Waals surface area contributed by atoms with Gasteiger partial charge in [0.05, 0.1) is 5.69 Å². The highest BCUT2D eigenvalue weighted by atomic mass is 16.1. The number of ketones is 1. The highest BCUT2D eigenvalue weighted by Gasteiger charge is 2.10. The molecule has 116 valence electrons. The number of nitrogens with zero attached hydrogens (tertiary/aromatic N) is 1. The number of hydrogen-bond acceptors (Lipinski definition) is 2. The molecule has 2 heteroatoms. The number of allylic oxidation sites excluding steroid dienone is 4. The van der Waals surface area contributed by atoms with E-state index >= 15 is 0 Å². The maximum Gasteiger partial charge on any atom is 0.169 e. The van der Waals surface area contributed by atoms with Crippen molar-refractivity contribution in [2.24, 2.45) is 4.99 Å². The SMILES string of the molecule is C\C=C/C=C(C)/C=N/c1ccccc1C(=O)Cc1ccccc1. The average Bonchev–Trinajstić information content (AvgIpc) is 2.59. The Balaban J connectivity index is 2.20. The summed E-state index contributed by atoms with van der Waals surface area (Å²) >= 11 is 0. The van der Waals surface area contributed by atoms with Crippen molar-refractivity contribution >= 4 is 17.7 Å². The van der Waals surface area contributed by atoms with Crippen LogP contribution in [0.3, 0.4) is 0 Å². The van der Waals surface area contributed by atoms with Crippen molar-refractivity contribution in [2.75, 3.05) is 0 Å². The topological polar surface area (TPSA) is 29.4 Å². The molecule has 2 aromatic rings. The van der Waals surface area contributed by atoms with Crippen molar-refractivity contribution in [2.45, 2.75) is 20.3 Å². The number of para-hydroxylation sites is 1. The molecule has 0 fully saturated rings. The zero-order valence-corrected chi connectivity index (χ0v) is 13.6. The van der Waals surface area contributed by atoms with E-state index in [-0.39, 0.29) is 5.78 Å². The minimum atomic E-state index is 0.0824. The number of carbonyl (C=O) groups is 1. The summed E-state index contributed by atoms with van der Waals surface area (Å²) in [6.07, 6.45) is 8.09. The number of hydrogen-bond donors (Lipinski definition) is 0. The first kappa shape index (κ1) is 16.6. The van der Waals surface area contributed by atoms with E-state index in [1.54, 1.807) is 6.21 Å². The van der Waals surface area contributed by atoms with Crippen LogP contribution in [-0.4, -0.2) is 12.0 Å². The lowest BCUT2D eigenvalue weighted by molar-refractivity contribution is 0.0993. The summed E-state index contributed by atoms with van der Waals surface area (Å²) < 4.78 is 0. The van der Waals surface area contributed by atoms with Crippen molar-refractivity contribution in [3.63, 3.8) is 0 Å². The molecule has 0 saturated carbocycles. The molecule has 0 unspecified atom stereocenters. The monoisotopic (exact) mass is 303 g/mol. The van der Waals surface area contributed by atoms with E-state index in [2.05, 4.69) is 4.99 Å². The molecule has 0 heterocycles. The Hall–Kier alpha value is -2.74. The number of rotatable bonds is 6. The maximum absolute atomic E-state index is 12.6. The summed E-state index contributed by atoms with van der Waals surface area (Å²) in [5.74, 6) is 0.0824. The minimum absolute atomic E-state index is 0.0824. The van der Waals surface area contributed by atoms with Crippen molar-refractivity contribution in [3.05, 3.63) is 89.5 Å². The fourth-order valence-electron chi connectivity index (χ4n) is 2.16. The lowest BCUT2D eigenvalue weighted by Crippen LogP contribution is -2.03. The van der Waals surface area contributed by atoms with Gasteiger partial charge in [0.2, 0.25) is 0 Å². The minimum Gasteiger partial charge on any atom is -0.294 e. The molecule has 0 aliphatic carbocycles. The van der Waals surface area contributed by atoms with Gasteiger partial charge in [-0.3, -0.25) is 9.79 Å². The predicted octanol–water partition coefficient (Wildman–Crippen LogP) is 5.34. The van der Waals surface area contributed by atoms with Crippen molar-refractivity contribution in [1.82, 2.24) is 0 Å². The lowest BCUT2D eigenvalue weighted by Gasteiger charge is -2.05. The van der Waals surface area contributed by atoms with Crippen LogP contribution in [0.5, 0.6) is 0 Å². The van der Waals surface area contributed by atoms with Crippen molar-refractivity contribution < 1.29 is 4.79 Å². The van der Waals surface area contributed by atoms with Gasteiger partial charge in [-0.1, -0.05) is 60.7 Å². The molecule has 0 aliphatic rings. The first-order valence-corrected chi connectivity index (χ1v) is 7.70. The zero-order valence-electron chi connectivity index (χ0n) is 13.6. The largest absolute Gasteiger partial charge is 0.294 e. The van der Waals surface area contributed by atoms with Crippen LogP contribution in [0.4, 0.5) is 5.69 Å². The Bertz CT molecular complexity index is 739. The van der Waals surface area contributed by atoms with Crippen LogP contribution in [-0.2, 0) is 6.42 Å². The molecule has 2 aromatic carbocycles. The van der Waals surface area contributed by atoms with Crippen LogP contribution in [0, 0.1) is 0 Å². The molecule has 2 nitrogen and oxygen atoms in total. The van der Waals surface area contributed by atoms with Crippen LogP contribution < -0.4 is 0 Å². The molecule has 0 aromatic heterocycles. The van der Waals surface area contributed by atoms with Gasteiger partial charge in [0.15, 0.2) is 5.78 Å². The van der Waals surface area contributed by atoms with Gasteiger partial charge in [0.1, 0.15) is 0 Å². The summed E-state index contributed by atoms with van der Waals surface area (Å²) in [6.45, 7) is 3.95. The molecular weight excluding hydrogens is 282 g/mol. The van der Waals surface area contributed by atoms with E-state index in [1.165, 1.54) is 0 Å².